The molecule has 1 atom stereocenters. The molecule has 5 rings (SSSR count). The molecule has 154 valence electrons. The summed E-state index contributed by atoms with van der Waals surface area (Å²) in [5.41, 5.74) is 2.06. The number of benzene rings is 2. The molecule has 3 heterocycles. The normalized spacial score (nSPS) is 17.7. The Balaban J connectivity index is 1.75. The Morgan fingerprint density at radius 1 is 1.07 bits per heavy atom. The van der Waals surface area contributed by atoms with Gasteiger partial charge >= 0.3 is 0 Å². The third-order valence-corrected chi connectivity index (χ3v) is 7.41. The number of piperidine rings is 1. The maximum absolute atomic E-state index is 13.3. The van der Waals surface area contributed by atoms with E-state index in [9.17, 15) is 8.42 Å². The molecular formula is C22H23N5O2S. The van der Waals surface area contributed by atoms with E-state index in [1.54, 1.807) is 24.3 Å². The SMILES string of the molecule is Cc1ccc(S(=O)(=O)c2nnn3c2nc(N2CCCC(C)C2)c2ccccc23)cc1. The molecule has 1 fully saturated rings. The van der Waals surface area contributed by atoms with Crippen molar-refractivity contribution in [2.24, 2.45) is 5.92 Å². The highest BCUT2D eigenvalue weighted by molar-refractivity contribution is 7.91. The number of hydrogen-bond donors (Lipinski definition) is 0. The van der Waals surface area contributed by atoms with Crippen LogP contribution in [0.5, 0.6) is 0 Å². The topological polar surface area (TPSA) is 80.5 Å². The first kappa shape index (κ1) is 19.0. The number of rotatable bonds is 3. The van der Waals surface area contributed by atoms with Crippen LogP contribution in [0.2, 0.25) is 0 Å². The fourth-order valence-corrected chi connectivity index (χ4v) is 5.39. The van der Waals surface area contributed by atoms with E-state index in [-0.39, 0.29) is 15.6 Å². The molecule has 1 aliphatic heterocycles. The van der Waals surface area contributed by atoms with Gasteiger partial charge in [-0.2, -0.15) is 4.52 Å². The Morgan fingerprint density at radius 3 is 2.60 bits per heavy atom. The van der Waals surface area contributed by atoms with Crippen LogP contribution < -0.4 is 4.90 Å². The second-order valence-electron chi connectivity index (χ2n) is 8.09. The van der Waals surface area contributed by atoms with Crippen LogP contribution in [0.3, 0.4) is 0 Å². The zero-order chi connectivity index (χ0) is 20.9. The van der Waals surface area contributed by atoms with E-state index in [1.165, 1.54) is 10.9 Å². The van der Waals surface area contributed by atoms with Gasteiger partial charge in [0, 0.05) is 18.5 Å². The van der Waals surface area contributed by atoms with Crippen molar-refractivity contribution >= 4 is 32.2 Å². The second-order valence-corrected chi connectivity index (χ2v) is 9.96. The zero-order valence-corrected chi connectivity index (χ0v) is 17.8. The lowest BCUT2D eigenvalue weighted by molar-refractivity contribution is 0.445. The largest absolute Gasteiger partial charge is 0.356 e. The molecule has 0 bridgehead atoms. The lowest BCUT2D eigenvalue weighted by atomic mass is 10.00. The molecule has 7 nitrogen and oxygen atoms in total. The minimum Gasteiger partial charge on any atom is -0.356 e. The van der Waals surface area contributed by atoms with Crippen molar-refractivity contribution in [1.82, 2.24) is 19.8 Å². The summed E-state index contributed by atoms with van der Waals surface area (Å²) in [5.74, 6) is 1.36. The maximum atomic E-state index is 13.3. The smallest absolute Gasteiger partial charge is 0.229 e. The van der Waals surface area contributed by atoms with Gasteiger partial charge in [-0.1, -0.05) is 42.0 Å². The first-order chi connectivity index (χ1) is 14.4. The Hall–Kier alpha value is -3.00. The van der Waals surface area contributed by atoms with Crippen LogP contribution in [-0.4, -0.2) is 41.3 Å². The van der Waals surface area contributed by atoms with Crippen LogP contribution in [0.4, 0.5) is 5.82 Å². The number of aromatic nitrogens is 4. The van der Waals surface area contributed by atoms with Gasteiger partial charge in [0.15, 0.2) is 5.65 Å². The van der Waals surface area contributed by atoms with Crippen LogP contribution in [0, 0.1) is 12.8 Å². The van der Waals surface area contributed by atoms with Crippen molar-refractivity contribution in [2.45, 2.75) is 36.6 Å². The first-order valence-electron chi connectivity index (χ1n) is 10.2. The highest BCUT2D eigenvalue weighted by Gasteiger charge is 2.28. The summed E-state index contributed by atoms with van der Waals surface area (Å²) in [6.07, 6.45) is 2.28. The van der Waals surface area contributed by atoms with Gasteiger partial charge in [-0.25, -0.2) is 13.4 Å². The summed E-state index contributed by atoms with van der Waals surface area (Å²) in [6, 6.07) is 14.6. The van der Waals surface area contributed by atoms with Gasteiger partial charge in [-0.15, -0.1) is 5.10 Å². The van der Waals surface area contributed by atoms with Crippen molar-refractivity contribution in [3.63, 3.8) is 0 Å². The molecule has 1 aliphatic rings. The summed E-state index contributed by atoms with van der Waals surface area (Å²) < 4.78 is 28.2. The Bertz CT molecular complexity index is 1350. The van der Waals surface area contributed by atoms with Crippen LogP contribution in [-0.2, 0) is 9.84 Å². The molecule has 0 aliphatic carbocycles. The Kier molecular flexibility index (Phi) is 4.47. The molecule has 1 saturated heterocycles. The number of fused-ring (bicyclic) bond motifs is 3. The highest BCUT2D eigenvalue weighted by atomic mass is 32.2. The molecule has 0 saturated carbocycles. The molecule has 0 N–H and O–H groups in total. The van der Waals surface area contributed by atoms with E-state index >= 15 is 0 Å². The third-order valence-electron chi connectivity index (χ3n) is 5.74. The lowest BCUT2D eigenvalue weighted by Gasteiger charge is -2.32. The average Bonchev–Trinajstić information content (AvgIpc) is 3.19. The summed E-state index contributed by atoms with van der Waals surface area (Å²) in [4.78, 5) is 7.26. The number of hydrogen-bond acceptors (Lipinski definition) is 6. The predicted octanol–water partition coefficient (Wildman–Crippen LogP) is 3.66. The van der Waals surface area contributed by atoms with Gasteiger partial charge in [0.2, 0.25) is 14.9 Å². The summed E-state index contributed by atoms with van der Waals surface area (Å²) in [6.45, 7) is 5.96. The fourth-order valence-electron chi connectivity index (χ4n) is 4.15. The number of para-hydroxylation sites is 1. The number of anilines is 1. The standard InChI is InChI=1S/C22H23N5O2S/c1-15-9-11-17(12-10-15)30(28,29)22-21-23-20(26-13-5-6-16(2)14-26)18-7-3-4-8-19(18)27(21)25-24-22/h3-4,7-12,16H,5-6,13-14H2,1-2H3. The molecular weight excluding hydrogens is 398 g/mol. The zero-order valence-electron chi connectivity index (χ0n) is 17.0. The van der Waals surface area contributed by atoms with Gasteiger partial charge in [0.1, 0.15) is 5.82 Å². The summed E-state index contributed by atoms with van der Waals surface area (Å²) in [5, 5.41) is 9.06. The van der Waals surface area contributed by atoms with Crippen molar-refractivity contribution in [1.29, 1.82) is 0 Å². The molecule has 0 radical (unpaired) electrons. The molecule has 0 amide bonds. The molecule has 2 aromatic heterocycles. The van der Waals surface area contributed by atoms with Crippen LogP contribution in [0.15, 0.2) is 58.5 Å². The van der Waals surface area contributed by atoms with Gasteiger partial charge in [0.25, 0.3) is 0 Å². The fraction of sp³-hybridized carbons (Fsp3) is 0.318. The molecule has 8 heteroatoms. The van der Waals surface area contributed by atoms with Crippen molar-refractivity contribution < 1.29 is 8.42 Å². The Morgan fingerprint density at radius 2 is 1.83 bits per heavy atom. The Labute approximate surface area is 175 Å². The van der Waals surface area contributed by atoms with E-state index in [0.29, 0.717) is 5.92 Å². The van der Waals surface area contributed by atoms with E-state index in [1.807, 2.05) is 31.2 Å². The van der Waals surface area contributed by atoms with Crippen LogP contribution in [0.25, 0.3) is 16.6 Å². The maximum Gasteiger partial charge on any atom is 0.229 e. The number of sulfone groups is 1. The number of nitrogens with zero attached hydrogens (tertiary/aromatic N) is 5. The molecule has 1 unspecified atom stereocenters. The molecule has 4 aromatic rings. The van der Waals surface area contributed by atoms with E-state index in [2.05, 4.69) is 22.1 Å². The van der Waals surface area contributed by atoms with Gasteiger partial charge < -0.3 is 4.90 Å². The minimum atomic E-state index is -3.84. The minimum absolute atomic E-state index is 0.108. The summed E-state index contributed by atoms with van der Waals surface area (Å²) in [7, 11) is -3.84. The molecule has 30 heavy (non-hydrogen) atoms. The van der Waals surface area contributed by atoms with Gasteiger partial charge in [0.05, 0.1) is 10.4 Å². The third kappa shape index (κ3) is 3.02. The van der Waals surface area contributed by atoms with Crippen molar-refractivity contribution in [3.8, 4) is 0 Å². The molecule has 0 spiro atoms. The lowest BCUT2D eigenvalue weighted by Crippen LogP contribution is -2.35. The van der Waals surface area contributed by atoms with E-state index in [0.717, 1.165) is 41.8 Å². The van der Waals surface area contributed by atoms with E-state index < -0.39 is 9.84 Å². The van der Waals surface area contributed by atoms with Crippen molar-refractivity contribution in [3.05, 3.63) is 54.1 Å². The van der Waals surface area contributed by atoms with E-state index in [4.69, 9.17) is 4.98 Å². The predicted molar refractivity (Wildman–Crippen MR) is 116 cm³/mol. The highest BCUT2D eigenvalue weighted by Crippen LogP contribution is 2.31. The quantitative estimate of drug-likeness (QED) is 0.502. The number of aryl methyl sites for hydroxylation is 1. The summed E-state index contributed by atoms with van der Waals surface area (Å²) >= 11 is 0. The average molecular weight is 422 g/mol. The molecule has 2 aromatic carbocycles. The van der Waals surface area contributed by atoms with Crippen molar-refractivity contribution in [2.75, 3.05) is 18.0 Å². The van der Waals surface area contributed by atoms with Crippen LogP contribution >= 0.6 is 0 Å². The van der Waals surface area contributed by atoms with Gasteiger partial charge in [-0.3, -0.25) is 0 Å². The first-order valence-corrected chi connectivity index (χ1v) is 11.6. The van der Waals surface area contributed by atoms with Gasteiger partial charge in [-0.05, 0) is 49.9 Å². The monoisotopic (exact) mass is 421 g/mol. The second kappa shape index (κ2) is 7.05. The van der Waals surface area contributed by atoms with Crippen LogP contribution in [0.1, 0.15) is 25.3 Å².